The Hall–Kier alpha value is -1.30. The SMILES string of the molecule is CCCN(CC(=O)Nc1ccc(Cl)cc1Cl)CC(=O)NC(C)(C)CC. The second kappa shape index (κ2) is 10.00. The van der Waals surface area contributed by atoms with E-state index in [1.807, 2.05) is 32.6 Å². The van der Waals surface area contributed by atoms with Crippen LogP contribution in [0.25, 0.3) is 0 Å². The maximum atomic E-state index is 12.3. The first kappa shape index (κ1) is 21.7. The van der Waals surface area contributed by atoms with Gasteiger partial charge in [-0.2, -0.15) is 0 Å². The molecule has 0 aliphatic heterocycles. The van der Waals surface area contributed by atoms with Crippen LogP contribution in [-0.4, -0.2) is 41.9 Å². The molecule has 0 atom stereocenters. The number of amides is 2. The highest BCUT2D eigenvalue weighted by molar-refractivity contribution is 6.36. The zero-order valence-electron chi connectivity index (χ0n) is 15.3. The van der Waals surface area contributed by atoms with Gasteiger partial charge in [-0.15, -0.1) is 0 Å². The number of carbonyl (C=O) groups is 2. The molecular formula is C18H27Cl2N3O2. The number of nitrogens with zero attached hydrogens (tertiary/aromatic N) is 1. The highest BCUT2D eigenvalue weighted by atomic mass is 35.5. The van der Waals surface area contributed by atoms with Gasteiger partial charge in [0, 0.05) is 10.6 Å². The van der Waals surface area contributed by atoms with Gasteiger partial charge in [-0.25, -0.2) is 0 Å². The van der Waals surface area contributed by atoms with Crippen molar-refractivity contribution in [2.75, 3.05) is 25.0 Å². The van der Waals surface area contributed by atoms with Crippen LogP contribution in [-0.2, 0) is 9.59 Å². The summed E-state index contributed by atoms with van der Waals surface area (Å²) in [4.78, 5) is 26.3. The molecule has 1 aromatic carbocycles. The van der Waals surface area contributed by atoms with Crippen LogP contribution in [0.3, 0.4) is 0 Å². The van der Waals surface area contributed by atoms with Gasteiger partial charge in [-0.1, -0.05) is 37.0 Å². The summed E-state index contributed by atoms with van der Waals surface area (Å²) in [5.74, 6) is -0.308. The lowest BCUT2D eigenvalue weighted by molar-refractivity contribution is -0.124. The molecule has 1 aromatic rings. The van der Waals surface area contributed by atoms with E-state index < -0.39 is 0 Å². The van der Waals surface area contributed by atoms with Crippen LogP contribution in [0.1, 0.15) is 40.5 Å². The Bertz CT molecular complexity index is 606. The predicted octanol–water partition coefficient (Wildman–Crippen LogP) is 3.95. The van der Waals surface area contributed by atoms with Crippen molar-refractivity contribution < 1.29 is 9.59 Å². The third-order valence-corrected chi connectivity index (χ3v) is 4.39. The van der Waals surface area contributed by atoms with Crippen molar-refractivity contribution in [3.8, 4) is 0 Å². The quantitative estimate of drug-likeness (QED) is 0.674. The average molecular weight is 388 g/mol. The van der Waals surface area contributed by atoms with E-state index in [0.29, 0.717) is 22.3 Å². The van der Waals surface area contributed by atoms with E-state index in [2.05, 4.69) is 10.6 Å². The topological polar surface area (TPSA) is 61.4 Å². The van der Waals surface area contributed by atoms with Crippen LogP contribution in [0.5, 0.6) is 0 Å². The molecule has 2 N–H and O–H groups in total. The van der Waals surface area contributed by atoms with Crippen molar-refractivity contribution in [1.82, 2.24) is 10.2 Å². The molecular weight excluding hydrogens is 361 g/mol. The van der Waals surface area contributed by atoms with E-state index in [4.69, 9.17) is 23.2 Å². The van der Waals surface area contributed by atoms with Crippen LogP contribution in [0.4, 0.5) is 5.69 Å². The molecule has 0 heterocycles. The molecule has 0 saturated carbocycles. The Morgan fingerprint density at radius 1 is 1.12 bits per heavy atom. The minimum Gasteiger partial charge on any atom is -0.350 e. The molecule has 25 heavy (non-hydrogen) atoms. The monoisotopic (exact) mass is 387 g/mol. The number of hydrogen-bond acceptors (Lipinski definition) is 3. The van der Waals surface area contributed by atoms with Crippen LogP contribution < -0.4 is 10.6 Å². The fraction of sp³-hybridized carbons (Fsp3) is 0.556. The first-order chi connectivity index (χ1) is 11.7. The van der Waals surface area contributed by atoms with E-state index in [1.54, 1.807) is 18.2 Å². The Balaban J connectivity index is 2.64. The average Bonchev–Trinajstić information content (AvgIpc) is 2.49. The fourth-order valence-corrected chi connectivity index (χ4v) is 2.68. The zero-order valence-corrected chi connectivity index (χ0v) is 16.8. The lowest BCUT2D eigenvalue weighted by atomic mass is 10.0. The third-order valence-electron chi connectivity index (χ3n) is 3.84. The Morgan fingerprint density at radius 3 is 2.32 bits per heavy atom. The van der Waals surface area contributed by atoms with Crippen molar-refractivity contribution in [3.63, 3.8) is 0 Å². The number of hydrogen-bond donors (Lipinski definition) is 2. The van der Waals surface area contributed by atoms with Gasteiger partial charge in [-0.05, 0) is 51.4 Å². The van der Waals surface area contributed by atoms with Crippen molar-refractivity contribution in [2.24, 2.45) is 0 Å². The molecule has 0 aliphatic carbocycles. The number of anilines is 1. The molecule has 2 amide bonds. The van der Waals surface area contributed by atoms with Gasteiger partial charge >= 0.3 is 0 Å². The largest absolute Gasteiger partial charge is 0.350 e. The van der Waals surface area contributed by atoms with Gasteiger partial charge in [0.1, 0.15) is 0 Å². The molecule has 5 nitrogen and oxygen atoms in total. The van der Waals surface area contributed by atoms with Gasteiger partial charge < -0.3 is 10.6 Å². The molecule has 0 unspecified atom stereocenters. The lowest BCUT2D eigenvalue weighted by Crippen LogP contribution is -2.48. The number of rotatable bonds is 9. The molecule has 0 radical (unpaired) electrons. The minimum atomic E-state index is -0.256. The summed E-state index contributed by atoms with van der Waals surface area (Å²) in [6, 6.07) is 4.89. The zero-order chi connectivity index (χ0) is 19.0. The Morgan fingerprint density at radius 2 is 1.76 bits per heavy atom. The summed E-state index contributed by atoms with van der Waals surface area (Å²) in [6.07, 6.45) is 1.68. The van der Waals surface area contributed by atoms with Gasteiger partial charge in [0.2, 0.25) is 11.8 Å². The van der Waals surface area contributed by atoms with Gasteiger partial charge in [-0.3, -0.25) is 14.5 Å². The molecule has 0 saturated heterocycles. The van der Waals surface area contributed by atoms with Gasteiger partial charge in [0.25, 0.3) is 0 Å². The third kappa shape index (κ3) is 8.08. The first-order valence-electron chi connectivity index (χ1n) is 8.45. The van der Waals surface area contributed by atoms with Crippen molar-refractivity contribution in [1.29, 1.82) is 0 Å². The smallest absolute Gasteiger partial charge is 0.238 e. The van der Waals surface area contributed by atoms with E-state index in [-0.39, 0.29) is 30.4 Å². The van der Waals surface area contributed by atoms with Crippen molar-refractivity contribution in [3.05, 3.63) is 28.2 Å². The maximum absolute atomic E-state index is 12.3. The summed E-state index contributed by atoms with van der Waals surface area (Å²) in [5, 5.41) is 6.63. The van der Waals surface area contributed by atoms with Crippen LogP contribution in [0.15, 0.2) is 18.2 Å². The molecule has 0 aromatic heterocycles. The van der Waals surface area contributed by atoms with Crippen LogP contribution in [0.2, 0.25) is 10.0 Å². The predicted molar refractivity (Wildman–Crippen MR) is 104 cm³/mol. The molecule has 7 heteroatoms. The maximum Gasteiger partial charge on any atom is 0.238 e. The van der Waals surface area contributed by atoms with Gasteiger partial charge in [0.15, 0.2) is 0 Å². The van der Waals surface area contributed by atoms with E-state index >= 15 is 0 Å². The Kier molecular flexibility index (Phi) is 8.69. The van der Waals surface area contributed by atoms with E-state index in [9.17, 15) is 9.59 Å². The number of benzene rings is 1. The second-order valence-electron chi connectivity index (χ2n) is 6.67. The standard InChI is InChI=1S/C18H27Cl2N3O2/c1-5-9-23(12-17(25)22-18(3,4)6-2)11-16(24)21-15-8-7-13(19)10-14(15)20/h7-8,10H,5-6,9,11-12H2,1-4H3,(H,21,24)(H,22,25). The van der Waals surface area contributed by atoms with Crippen molar-refractivity contribution in [2.45, 2.75) is 46.1 Å². The number of carbonyl (C=O) groups excluding carboxylic acids is 2. The van der Waals surface area contributed by atoms with E-state index in [0.717, 1.165) is 12.8 Å². The minimum absolute atomic E-state index is 0.0855. The molecule has 140 valence electrons. The molecule has 0 bridgehead atoms. The molecule has 0 spiro atoms. The Labute approximate surface area is 160 Å². The summed E-state index contributed by atoms with van der Waals surface area (Å²) in [5.41, 5.74) is 0.248. The van der Waals surface area contributed by atoms with Crippen LogP contribution >= 0.6 is 23.2 Å². The highest BCUT2D eigenvalue weighted by Crippen LogP contribution is 2.25. The van der Waals surface area contributed by atoms with E-state index in [1.165, 1.54) is 0 Å². The highest BCUT2D eigenvalue weighted by Gasteiger charge is 2.20. The summed E-state index contributed by atoms with van der Waals surface area (Å²) in [6.45, 7) is 8.93. The first-order valence-corrected chi connectivity index (χ1v) is 9.20. The molecule has 1 rings (SSSR count). The normalized spacial score (nSPS) is 11.5. The number of halogens is 2. The molecule has 0 fully saturated rings. The van der Waals surface area contributed by atoms with Gasteiger partial charge in [0.05, 0.1) is 23.8 Å². The number of nitrogens with one attached hydrogen (secondary N) is 2. The summed E-state index contributed by atoms with van der Waals surface area (Å²) < 4.78 is 0. The summed E-state index contributed by atoms with van der Waals surface area (Å²) in [7, 11) is 0. The second-order valence-corrected chi connectivity index (χ2v) is 7.51. The van der Waals surface area contributed by atoms with Crippen molar-refractivity contribution >= 4 is 40.7 Å². The summed E-state index contributed by atoms with van der Waals surface area (Å²) >= 11 is 11.9. The lowest BCUT2D eigenvalue weighted by Gasteiger charge is -2.27. The fourth-order valence-electron chi connectivity index (χ4n) is 2.22. The molecule has 0 aliphatic rings. The van der Waals surface area contributed by atoms with Crippen LogP contribution in [0, 0.1) is 0 Å².